The molecule has 0 amide bonds. The van der Waals surface area contributed by atoms with Crippen molar-refractivity contribution in [2.24, 2.45) is 0 Å². The quantitative estimate of drug-likeness (QED) is 0.928. The van der Waals surface area contributed by atoms with Crippen molar-refractivity contribution in [1.29, 1.82) is 0 Å². The third-order valence-electron chi connectivity index (χ3n) is 3.73. The number of hydrogen-bond donors (Lipinski definition) is 1. The minimum absolute atomic E-state index is 0.144. The van der Waals surface area contributed by atoms with Crippen LogP contribution in [-0.4, -0.2) is 34.1 Å². The lowest BCUT2D eigenvalue weighted by Gasteiger charge is -2.23. The number of rotatable bonds is 4. The fourth-order valence-electron chi connectivity index (χ4n) is 2.53. The second-order valence-corrected chi connectivity index (χ2v) is 7.13. The highest BCUT2D eigenvalue weighted by Crippen LogP contribution is 2.24. The predicted octanol–water partition coefficient (Wildman–Crippen LogP) is 3.09. The van der Waals surface area contributed by atoms with Crippen molar-refractivity contribution >= 4 is 11.6 Å². The van der Waals surface area contributed by atoms with Gasteiger partial charge in [-0.05, 0) is 47.5 Å². The highest BCUT2D eigenvalue weighted by molar-refractivity contribution is 6.31. The van der Waals surface area contributed by atoms with Gasteiger partial charge in [0.2, 0.25) is 0 Å². The summed E-state index contributed by atoms with van der Waals surface area (Å²) in [6.07, 6.45) is 2.76. The summed E-state index contributed by atoms with van der Waals surface area (Å²) in [4.78, 5) is 0. The van der Waals surface area contributed by atoms with E-state index in [2.05, 4.69) is 31.2 Å². The van der Waals surface area contributed by atoms with Gasteiger partial charge in [0.25, 0.3) is 0 Å². The van der Waals surface area contributed by atoms with Crippen molar-refractivity contribution in [3.63, 3.8) is 0 Å². The maximum Gasteiger partial charge on any atom is 0.0844 e. The smallest absolute Gasteiger partial charge is 0.0844 e. The molecule has 2 heterocycles. The molecule has 0 radical (unpaired) electrons. The Kier molecular flexibility index (Phi) is 4.77. The van der Waals surface area contributed by atoms with Gasteiger partial charge in [0.05, 0.1) is 35.2 Å². The first-order valence-electron chi connectivity index (χ1n) is 7.36. The molecule has 1 N–H and O–H groups in total. The van der Waals surface area contributed by atoms with Gasteiger partial charge in [-0.3, -0.25) is 4.68 Å². The Balaban J connectivity index is 1.85. The van der Waals surface area contributed by atoms with Crippen LogP contribution in [0.25, 0.3) is 0 Å². The minimum Gasteiger partial charge on any atom is -0.372 e. The standard InChI is InChI=1S/C15H26ClN3O/c1-10-14(16)11(2)19(18-10)9-13-7-6-12(20-13)8-17-15(3,4)5/h12-13,17H,6-9H2,1-5H3. The Labute approximate surface area is 126 Å². The molecule has 0 saturated carbocycles. The number of ether oxygens (including phenoxy) is 1. The van der Waals surface area contributed by atoms with Crippen LogP contribution in [-0.2, 0) is 11.3 Å². The van der Waals surface area contributed by atoms with Crippen molar-refractivity contribution < 1.29 is 4.74 Å². The average Bonchev–Trinajstić information content (AvgIpc) is 2.88. The fraction of sp³-hybridized carbons (Fsp3) is 0.800. The predicted molar refractivity (Wildman–Crippen MR) is 82.4 cm³/mol. The summed E-state index contributed by atoms with van der Waals surface area (Å²) in [6, 6.07) is 0. The van der Waals surface area contributed by atoms with E-state index in [1.807, 2.05) is 18.5 Å². The van der Waals surface area contributed by atoms with Crippen molar-refractivity contribution in [3.05, 3.63) is 16.4 Å². The van der Waals surface area contributed by atoms with Crippen LogP contribution in [0.3, 0.4) is 0 Å². The van der Waals surface area contributed by atoms with Gasteiger partial charge in [-0.25, -0.2) is 0 Å². The molecule has 1 saturated heterocycles. The van der Waals surface area contributed by atoms with Crippen LogP contribution in [0.4, 0.5) is 0 Å². The summed E-state index contributed by atoms with van der Waals surface area (Å²) < 4.78 is 8.07. The van der Waals surface area contributed by atoms with Gasteiger partial charge in [0, 0.05) is 12.1 Å². The van der Waals surface area contributed by atoms with E-state index in [0.29, 0.717) is 6.10 Å². The summed E-state index contributed by atoms with van der Waals surface area (Å²) >= 11 is 6.18. The van der Waals surface area contributed by atoms with Gasteiger partial charge in [-0.1, -0.05) is 11.6 Å². The molecular weight excluding hydrogens is 274 g/mol. The van der Waals surface area contributed by atoms with Crippen LogP contribution in [0.1, 0.15) is 45.0 Å². The number of aromatic nitrogens is 2. The molecular formula is C15H26ClN3O. The van der Waals surface area contributed by atoms with Crippen LogP contribution in [0, 0.1) is 13.8 Å². The SMILES string of the molecule is Cc1nn(CC2CCC(CNC(C)(C)C)O2)c(C)c1Cl. The Bertz CT molecular complexity index is 464. The van der Waals surface area contributed by atoms with Crippen LogP contribution in [0.15, 0.2) is 0 Å². The molecule has 0 bridgehead atoms. The van der Waals surface area contributed by atoms with Crippen LogP contribution in [0.2, 0.25) is 5.02 Å². The molecule has 5 heteroatoms. The van der Waals surface area contributed by atoms with Crippen molar-refractivity contribution in [1.82, 2.24) is 15.1 Å². The highest BCUT2D eigenvalue weighted by Gasteiger charge is 2.27. The molecule has 1 fully saturated rings. The van der Waals surface area contributed by atoms with Crippen LogP contribution < -0.4 is 5.32 Å². The first-order valence-corrected chi connectivity index (χ1v) is 7.74. The molecule has 1 aromatic rings. The van der Waals surface area contributed by atoms with Crippen molar-refractivity contribution in [2.45, 2.75) is 71.8 Å². The number of halogens is 1. The first kappa shape index (κ1) is 15.8. The van der Waals surface area contributed by atoms with Gasteiger partial charge in [-0.2, -0.15) is 5.10 Å². The number of aryl methyl sites for hydroxylation is 1. The topological polar surface area (TPSA) is 39.1 Å². The third kappa shape index (κ3) is 3.96. The Morgan fingerprint density at radius 1 is 1.30 bits per heavy atom. The van der Waals surface area contributed by atoms with E-state index < -0.39 is 0 Å². The molecule has 0 aliphatic carbocycles. The maximum absolute atomic E-state index is 6.18. The lowest BCUT2D eigenvalue weighted by atomic mass is 10.1. The van der Waals surface area contributed by atoms with E-state index >= 15 is 0 Å². The summed E-state index contributed by atoms with van der Waals surface area (Å²) in [6.45, 7) is 12.2. The zero-order valence-electron chi connectivity index (χ0n) is 13.2. The monoisotopic (exact) mass is 299 g/mol. The Morgan fingerprint density at radius 3 is 2.50 bits per heavy atom. The molecule has 1 aliphatic heterocycles. The van der Waals surface area contributed by atoms with Crippen molar-refractivity contribution in [2.75, 3.05) is 6.54 Å². The van der Waals surface area contributed by atoms with Crippen molar-refractivity contribution in [3.8, 4) is 0 Å². The number of nitrogens with one attached hydrogen (secondary N) is 1. The normalized spacial score (nSPS) is 23.5. The molecule has 1 aromatic heterocycles. The maximum atomic E-state index is 6.18. The zero-order valence-corrected chi connectivity index (χ0v) is 13.9. The molecule has 2 rings (SSSR count). The molecule has 4 nitrogen and oxygen atoms in total. The summed E-state index contributed by atoms with van der Waals surface area (Å²) in [5, 5.41) is 8.75. The third-order valence-corrected chi connectivity index (χ3v) is 4.27. The van der Waals surface area contributed by atoms with Gasteiger partial charge in [0.1, 0.15) is 0 Å². The average molecular weight is 300 g/mol. The van der Waals surface area contributed by atoms with Gasteiger partial charge in [-0.15, -0.1) is 0 Å². The fourth-order valence-corrected chi connectivity index (χ4v) is 2.67. The molecule has 0 spiro atoms. The summed E-state index contributed by atoms with van der Waals surface area (Å²) in [5.41, 5.74) is 2.07. The molecule has 2 atom stereocenters. The molecule has 1 aliphatic rings. The lowest BCUT2D eigenvalue weighted by molar-refractivity contribution is 0.0309. The van der Waals surface area contributed by atoms with E-state index in [9.17, 15) is 0 Å². The van der Waals surface area contributed by atoms with Crippen LogP contribution in [0.5, 0.6) is 0 Å². The Hall–Kier alpha value is -0.580. The molecule has 2 unspecified atom stereocenters. The van der Waals surface area contributed by atoms with E-state index in [1.165, 1.54) is 0 Å². The van der Waals surface area contributed by atoms with E-state index in [-0.39, 0.29) is 11.6 Å². The summed E-state index contributed by atoms with van der Waals surface area (Å²) in [5.74, 6) is 0. The number of nitrogens with zero attached hydrogens (tertiary/aromatic N) is 2. The minimum atomic E-state index is 0.144. The molecule has 20 heavy (non-hydrogen) atoms. The second-order valence-electron chi connectivity index (χ2n) is 6.76. The Morgan fingerprint density at radius 2 is 1.95 bits per heavy atom. The molecule has 0 aromatic carbocycles. The van der Waals surface area contributed by atoms with Crippen LogP contribution >= 0.6 is 11.6 Å². The largest absolute Gasteiger partial charge is 0.372 e. The van der Waals surface area contributed by atoms with Gasteiger partial charge in [0.15, 0.2) is 0 Å². The van der Waals surface area contributed by atoms with E-state index in [0.717, 1.165) is 42.3 Å². The van der Waals surface area contributed by atoms with Gasteiger partial charge < -0.3 is 10.1 Å². The molecule has 114 valence electrons. The zero-order chi connectivity index (χ0) is 14.9. The first-order chi connectivity index (χ1) is 9.26. The second kappa shape index (κ2) is 6.04. The lowest BCUT2D eigenvalue weighted by Crippen LogP contribution is -2.41. The summed E-state index contributed by atoms with van der Waals surface area (Å²) in [7, 11) is 0. The highest BCUT2D eigenvalue weighted by atomic mass is 35.5. The number of hydrogen-bond acceptors (Lipinski definition) is 3. The van der Waals surface area contributed by atoms with E-state index in [1.54, 1.807) is 0 Å². The van der Waals surface area contributed by atoms with Gasteiger partial charge >= 0.3 is 0 Å². The van der Waals surface area contributed by atoms with E-state index in [4.69, 9.17) is 16.3 Å².